The zero-order valence-electron chi connectivity index (χ0n) is 11.3. The average Bonchev–Trinajstić information content (AvgIpc) is 2.49. The first kappa shape index (κ1) is 15.8. The number of hydrogen-bond donors (Lipinski definition) is 2. The molecule has 1 amide bonds. The number of rotatable bonds is 5. The Morgan fingerprint density at radius 1 is 1.00 bits per heavy atom. The third-order valence-corrected chi connectivity index (χ3v) is 3.80. The molecular formula is C16H15Cl2NO2. The van der Waals surface area contributed by atoms with Crippen molar-refractivity contribution in [3.05, 3.63) is 69.2 Å². The molecule has 5 heteroatoms. The van der Waals surface area contributed by atoms with E-state index in [4.69, 9.17) is 28.3 Å². The average molecular weight is 324 g/mol. The summed E-state index contributed by atoms with van der Waals surface area (Å²) in [5, 5.41) is 12.8. The molecule has 2 rings (SSSR count). The van der Waals surface area contributed by atoms with E-state index in [0.717, 1.165) is 11.1 Å². The van der Waals surface area contributed by atoms with Gasteiger partial charge in [0.15, 0.2) is 0 Å². The number of nitrogens with one attached hydrogen (secondary N) is 1. The molecular weight excluding hydrogens is 309 g/mol. The molecule has 21 heavy (non-hydrogen) atoms. The maximum Gasteiger partial charge on any atom is 0.224 e. The summed E-state index contributed by atoms with van der Waals surface area (Å²) in [6.07, 6.45) is 0.146. The second-order valence-corrected chi connectivity index (χ2v) is 5.44. The van der Waals surface area contributed by atoms with Crippen molar-refractivity contribution < 1.29 is 9.90 Å². The molecule has 0 saturated heterocycles. The van der Waals surface area contributed by atoms with Crippen LogP contribution >= 0.6 is 23.2 Å². The lowest BCUT2D eigenvalue weighted by Gasteiger charge is -2.08. The summed E-state index contributed by atoms with van der Waals surface area (Å²) in [5.41, 5.74) is 2.44. The van der Waals surface area contributed by atoms with E-state index < -0.39 is 0 Å². The third kappa shape index (κ3) is 4.46. The van der Waals surface area contributed by atoms with E-state index in [2.05, 4.69) is 5.32 Å². The van der Waals surface area contributed by atoms with Crippen LogP contribution in [0, 0.1) is 0 Å². The minimum atomic E-state index is -0.142. The van der Waals surface area contributed by atoms with E-state index in [9.17, 15) is 4.79 Å². The van der Waals surface area contributed by atoms with Crippen LogP contribution in [0.2, 0.25) is 10.0 Å². The molecule has 0 fully saturated rings. The molecule has 0 aliphatic heterocycles. The minimum Gasteiger partial charge on any atom is -0.392 e. The van der Waals surface area contributed by atoms with Crippen LogP contribution in [0.15, 0.2) is 42.5 Å². The molecule has 0 aliphatic rings. The van der Waals surface area contributed by atoms with Gasteiger partial charge in [0.25, 0.3) is 0 Å². The van der Waals surface area contributed by atoms with Crippen LogP contribution in [0.5, 0.6) is 0 Å². The molecule has 0 unspecified atom stereocenters. The van der Waals surface area contributed by atoms with Gasteiger partial charge in [-0.05, 0) is 28.8 Å². The Morgan fingerprint density at radius 3 is 2.14 bits per heavy atom. The molecule has 0 saturated carbocycles. The highest BCUT2D eigenvalue weighted by Crippen LogP contribution is 2.24. The first-order chi connectivity index (χ1) is 10.1. The Morgan fingerprint density at radius 2 is 1.57 bits per heavy atom. The first-order valence-electron chi connectivity index (χ1n) is 6.48. The largest absolute Gasteiger partial charge is 0.392 e. The van der Waals surface area contributed by atoms with Crippen LogP contribution in [0.1, 0.15) is 16.7 Å². The summed E-state index contributed by atoms with van der Waals surface area (Å²) in [4.78, 5) is 11.9. The fraction of sp³-hybridized carbons (Fsp3) is 0.188. The zero-order valence-corrected chi connectivity index (χ0v) is 12.8. The Kier molecular flexibility index (Phi) is 5.62. The lowest BCUT2D eigenvalue weighted by Crippen LogP contribution is -2.24. The zero-order chi connectivity index (χ0) is 15.2. The Labute approximate surface area is 133 Å². The van der Waals surface area contributed by atoms with E-state index in [1.165, 1.54) is 0 Å². The van der Waals surface area contributed by atoms with Crippen molar-refractivity contribution in [1.29, 1.82) is 0 Å². The van der Waals surface area contributed by atoms with Crippen LogP contribution in [0.25, 0.3) is 0 Å². The van der Waals surface area contributed by atoms with Crippen molar-refractivity contribution in [3.63, 3.8) is 0 Å². The van der Waals surface area contributed by atoms with E-state index >= 15 is 0 Å². The van der Waals surface area contributed by atoms with Gasteiger partial charge in [0.1, 0.15) is 0 Å². The highest BCUT2D eigenvalue weighted by atomic mass is 35.5. The van der Waals surface area contributed by atoms with Gasteiger partial charge in [0.2, 0.25) is 5.91 Å². The predicted octanol–water partition coefficient (Wildman–Crippen LogP) is 3.34. The number of hydrogen-bond acceptors (Lipinski definition) is 2. The summed E-state index contributed by atoms with van der Waals surface area (Å²) in [6.45, 7) is 0.435. The first-order valence-corrected chi connectivity index (χ1v) is 7.24. The van der Waals surface area contributed by atoms with Crippen molar-refractivity contribution in [2.45, 2.75) is 19.6 Å². The van der Waals surface area contributed by atoms with Gasteiger partial charge in [0, 0.05) is 16.6 Å². The van der Waals surface area contributed by atoms with Crippen molar-refractivity contribution in [1.82, 2.24) is 5.32 Å². The fourth-order valence-corrected chi connectivity index (χ4v) is 2.42. The van der Waals surface area contributed by atoms with Gasteiger partial charge in [-0.2, -0.15) is 0 Å². The quantitative estimate of drug-likeness (QED) is 0.886. The standard InChI is InChI=1S/C16H15Cl2NO2/c17-14-2-1-3-15(18)13(14)8-16(21)19-9-11-4-6-12(10-20)7-5-11/h1-7,20H,8-10H2,(H,19,21). The molecule has 0 spiro atoms. The second-order valence-electron chi connectivity index (χ2n) is 4.63. The molecule has 110 valence electrons. The molecule has 0 bridgehead atoms. The number of aliphatic hydroxyl groups excluding tert-OH is 1. The van der Waals surface area contributed by atoms with Gasteiger partial charge in [-0.25, -0.2) is 0 Å². The number of aliphatic hydroxyl groups is 1. The summed E-state index contributed by atoms with van der Waals surface area (Å²) >= 11 is 12.1. The maximum absolute atomic E-state index is 11.9. The summed E-state index contributed by atoms with van der Waals surface area (Å²) in [7, 11) is 0. The van der Waals surface area contributed by atoms with Crippen molar-refractivity contribution >= 4 is 29.1 Å². The van der Waals surface area contributed by atoms with Crippen LogP contribution < -0.4 is 5.32 Å². The van der Waals surface area contributed by atoms with Gasteiger partial charge in [-0.15, -0.1) is 0 Å². The summed E-state index contributed by atoms with van der Waals surface area (Å²) in [6, 6.07) is 12.6. The van der Waals surface area contributed by atoms with Crippen LogP contribution in [-0.4, -0.2) is 11.0 Å². The van der Waals surface area contributed by atoms with Gasteiger partial charge >= 0.3 is 0 Å². The Bertz CT molecular complexity index is 606. The van der Waals surface area contributed by atoms with Crippen LogP contribution in [0.4, 0.5) is 0 Å². The van der Waals surface area contributed by atoms with E-state index in [0.29, 0.717) is 22.2 Å². The normalized spacial score (nSPS) is 10.4. The number of benzene rings is 2. The molecule has 2 aromatic rings. The third-order valence-electron chi connectivity index (χ3n) is 3.09. The van der Waals surface area contributed by atoms with Crippen molar-refractivity contribution in [2.75, 3.05) is 0 Å². The van der Waals surface area contributed by atoms with Crippen LogP contribution in [0.3, 0.4) is 0 Å². The van der Waals surface area contributed by atoms with Crippen molar-refractivity contribution in [3.8, 4) is 0 Å². The fourth-order valence-electron chi connectivity index (χ4n) is 1.89. The molecule has 3 nitrogen and oxygen atoms in total. The van der Waals surface area contributed by atoms with Gasteiger partial charge in [0.05, 0.1) is 13.0 Å². The maximum atomic E-state index is 11.9. The van der Waals surface area contributed by atoms with Gasteiger partial charge < -0.3 is 10.4 Å². The molecule has 0 heterocycles. The van der Waals surface area contributed by atoms with Crippen molar-refractivity contribution in [2.24, 2.45) is 0 Å². The predicted molar refractivity (Wildman–Crippen MR) is 84.4 cm³/mol. The lowest BCUT2D eigenvalue weighted by molar-refractivity contribution is -0.120. The second kappa shape index (κ2) is 7.46. The number of carbonyl (C=O) groups excluding carboxylic acids is 1. The van der Waals surface area contributed by atoms with Crippen LogP contribution in [-0.2, 0) is 24.4 Å². The molecule has 2 aromatic carbocycles. The highest BCUT2D eigenvalue weighted by Gasteiger charge is 2.10. The highest BCUT2D eigenvalue weighted by molar-refractivity contribution is 6.36. The molecule has 0 atom stereocenters. The van der Waals surface area contributed by atoms with E-state index in [1.54, 1.807) is 18.2 Å². The summed E-state index contributed by atoms with van der Waals surface area (Å²) < 4.78 is 0. The molecule has 0 aliphatic carbocycles. The Hall–Kier alpha value is -1.55. The van der Waals surface area contributed by atoms with Gasteiger partial charge in [-0.1, -0.05) is 53.5 Å². The van der Waals surface area contributed by atoms with E-state index in [1.807, 2.05) is 24.3 Å². The molecule has 0 radical (unpaired) electrons. The number of carbonyl (C=O) groups is 1. The molecule has 0 aromatic heterocycles. The SMILES string of the molecule is O=C(Cc1c(Cl)cccc1Cl)NCc1ccc(CO)cc1. The number of amides is 1. The van der Waals surface area contributed by atoms with Gasteiger partial charge in [-0.3, -0.25) is 4.79 Å². The smallest absolute Gasteiger partial charge is 0.224 e. The monoisotopic (exact) mass is 323 g/mol. The Balaban J connectivity index is 1.92. The number of halogens is 2. The topological polar surface area (TPSA) is 49.3 Å². The molecule has 2 N–H and O–H groups in total. The van der Waals surface area contributed by atoms with E-state index in [-0.39, 0.29) is 18.9 Å². The summed E-state index contributed by atoms with van der Waals surface area (Å²) in [5.74, 6) is -0.142. The minimum absolute atomic E-state index is 0.0116. The lowest BCUT2D eigenvalue weighted by atomic mass is 10.1.